The van der Waals surface area contributed by atoms with Crippen LogP contribution in [0.3, 0.4) is 0 Å². The van der Waals surface area contributed by atoms with Gasteiger partial charge in [-0.05, 0) is 30.3 Å². The quantitative estimate of drug-likeness (QED) is 0.627. The SMILES string of the molecule is COc1ccc(N2C[C@H](C(=O)OCC(=O)Nc3ccc(Cl)c(Cl)c3)CC2=O)c(OC)c1. The molecule has 1 heterocycles. The van der Waals surface area contributed by atoms with Gasteiger partial charge in [0.2, 0.25) is 5.91 Å². The first kappa shape index (κ1) is 22.7. The topological polar surface area (TPSA) is 94.2 Å². The van der Waals surface area contributed by atoms with Gasteiger partial charge in [0.1, 0.15) is 11.5 Å². The summed E-state index contributed by atoms with van der Waals surface area (Å²) in [5, 5.41) is 3.20. The minimum atomic E-state index is -0.697. The van der Waals surface area contributed by atoms with Gasteiger partial charge in [0, 0.05) is 24.7 Å². The minimum absolute atomic E-state index is 0.0254. The molecule has 31 heavy (non-hydrogen) atoms. The Bertz CT molecular complexity index is 1010. The van der Waals surface area contributed by atoms with Crippen molar-refractivity contribution in [1.82, 2.24) is 0 Å². The summed E-state index contributed by atoms with van der Waals surface area (Å²) in [7, 11) is 3.01. The molecule has 0 bridgehead atoms. The average molecular weight is 467 g/mol. The summed E-state index contributed by atoms with van der Waals surface area (Å²) < 4.78 is 15.6. The Hall–Kier alpha value is -2.97. The average Bonchev–Trinajstić information content (AvgIpc) is 3.15. The number of carbonyl (C=O) groups excluding carboxylic acids is 3. The van der Waals surface area contributed by atoms with Gasteiger partial charge < -0.3 is 24.4 Å². The summed E-state index contributed by atoms with van der Waals surface area (Å²) in [4.78, 5) is 38.4. The lowest BCUT2D eigenvalue weighted by atomic mass is 10.1. The van der Waals surface area contributed by atoms with E-state index < -0.39 is 24.4 Å². The van der Waals surface area contributed by atoms with Crippen molar-refractivity contribution in [2.45, 2.75) is 6.42 Å². The molecule has 0 radical (unpaired) electrons. The summed E-state index contributed by atoms with van der Waals surface area (Å²) in [6, 6.07) is 9.64. The van der Waals surface area contributed by atoms with Crippen molar-refractivity contribution in [1.29, 1.82) is 0 Å². The van der Waals surface area contributed by atoms with Crippen molar-refractivity contribution in [2.75, 3.05) is 37.6 Å². The third kappa shape index (κ3) is 5.39. The van der Waals surface area contributed by atoms with Crippen LogP contribution in [0.2, 0.25) is 10.0 Å². The van der Waals surface area contributed by atoms with Crippen LogP contribution in [0.1, 0.15) is 6.42 Å². The summed E-state index contributed by atoms with van der Waals surface area (Å²) in [5.41, 5.74) is 0.949. The fourth-order valence-electron chi connectivity index (χ4n) is 3.13. The van der Waals surface area contributed by atoms with Crippen LogP contribution < -0.4 is 19.7 Å². The van der Waals surface area contributed by atoms with Crippen molar-refractivity contribution in [3.05, 3.63) is 46.4 Å². The molecule has 3 rings (SSSR count). The molecule has 1 fully saturated rings. The molecule has 0 aliphatic carbocycles. The van der Waals surface area contributed by atoms with Crippen LogP contribution >= 0.6 is 23.2 Å². The molecular formula is C21H20Cl2N2O6. The van der Waals surface area contributed by atoms with Crippen LogP contribution in [0, 0.1) is 5.92 Å². The number of hydrogen-bond donors (Lipinski definition) is 1. The third-order valence-corrected chi connectivity index (χ3v) is 5.42. The predicted octanol–water partition coefficient (Wildman–Crippen LogP) is 3.55. The molecule has 2 aromatic carbocycles. The summed E-state index contributed by atoms with van der Waals surface area (Å²) in [5.74, 6) is -1.08. The van der Waals surface area contributed by atoms with Crippen LogP contribution in [0.25, 0.3) is 0 Å². The first-order valence-electron chi connectivity index (χ1n) is 9.26. The lowest BCUT2D eigenvalue weighted by Gasteiger charge is -2.20. The van der Waals surface area contributed by atoms with Gasteiger partial charge in [0.25, 0.3) is 5.91 Å². The van der Waals surface area contributed by atoms with E-state index in [0.29, 0.717) is 27.9 Å². The van der Waals surface area contributed by atoms with Crippen LogP contribution in [0.5, 0.6) is 11.5 Å². The maximum absolute atomic E-state index is 12.5. The maximum Gasteiger partial charge on any atom is 0.311 e. The first-order chi connectivity index (χ1) is 14.8. The number of methoxy groups -OCH3 is 2. The van der Waals surface area contributed by atoms with Crippen LogP contribution in [-0.4, -0.2) is 45.2 Å². The monoisotopic (exact) mass is 466 g/mol. The largest absolute Gasteiger partial charge is 0.497 e. The second kappa shape index (κ2) is 9.89. The second-order valence-electron chi connectivity index (χ2n) is 6.73. The number of rotatable bonds is 7. The van der Waals surface area contributed by atoms with E-state index in [1.807, 2.05) is 0 Å². The molecule has 1 N–H and O–H groups in total. The molecule has 1 aliphatic rings. The number of esters is 1. The van der Waals surface area contributed by atoms with E-state index in [0.717, 1.165) is 0 Å². The Labute approximate surface area is 189 Å². The predicted molar refractivity (Wildman–Crippen MR) is 116 cm³/mol. The summed E-state index contributed by atoms with van der Waals surface area (Å²) in [6.07, 6.45) is -0.0254. The van der Waals surface area contributed by atoms with Crippen molar-refractivity contribution >= 4 is 52.4 Å². The van der Waals surface area contributed by atoms with Crippen molar-refractivity contribution in [3.8, 4) is 11.5 Å². The lowest BCUT2D eigenvalue weighted by Crippen LogP contribution is -2.28. The molecule has 0 saturated carbocycles. The van der Waals surface area contributed by atoms with E-state index in [2.05, 4.69) is 5.32 Å². The fourth-order valence-corrected chi connectivity index (χ4v) is 3.43. The van der Waals surface area contributed by atoms with Gasteiger partial charge >= 0.3 is 5.97 Å². The Morgan fingerprint density at radius 2 is 1.87 bits per heavy atom. The fraction of sp³-hybridized carbons (Fsp3) is 0.286. The van der Waals surface area contributed by atoms with Crippen molar-refractivity contribution < 1.29 is 28.6 Å². The smallest absolute Gasteiger partial charge is 0.311 e. The molecule has 1 atom stereocenters. The number of nitrogens with one attached hydrogen (secondary N) is 1. The van der Waals surface area contributed by atoms with Crippen LogP contribution in [0.15, 0.2) is 36.4 Å². The first-order valence-corrected chi connectivity index (χ1v) is 10.0. The number of halogens is 2. The Morgan fingerprint density at radius 3 is 2.55 bits per heavy atom. The van der Waals surface area contributed by atoms with Gasteiger partial charge in [-0.2, -0.15) is 0 Å². The zero-order valence-electron chi connectivity index (χ0n) is 16.8. The molecule has 1 aliphatic heterocycles. The minimum Gasteiger partial charge on any atom is -0.497 e. The van der Waals surface area contributed by atoms with E-state index in [9.17, 15) is 14.4 Å². The number of nitrogens with zero attached hydrogens (tertiary/aromatic N) is 1. The zero-order valence-corrected chi connectivity index (χ0v) is 18.3. The van der Waals surface area contributed by atoms with Crippen LogP contribution in [0.4, 0.5) is 11.4 Å². The number of amides is 2. The van der Waals surface area contributed by atoms with Gasteiger partial charge in [-0.1, -0.05) is 23.2 Å². The van der Waals surface area contributed by atoms with Crippen molar-refractivity contribution in [3.63, 3.8) is 0 Å². The normalized spacial score (nSPS) is 15.5. The molecular weight excluding hydrogens is 447 g/mol. The molecule has 0 aromatic heterocycles. The van der Waals surface area contributed by atoms with Crippen molar-refractivity contribution in [2.24, 2.45) is 5.92 Å². The van der Waals surface area contributed by atoms with Gasteiger partial charge in [0.15, 0.2) is 6.61 Å². The molecule has 10 heteroatoms. The Morgan fingerprint density at radius 1 is 1.10 bits per heavy atom. The van der Waals surface area contributed by atoms with E-state index in [1.54, 1.807) is 24.3 Å². The van der Waals surface area contributed by atoms with Gasteiger partial charge in [0.05, 0.1) is 35.9 Å². The highest BCUT2D eigenvalue weighted by Gasteiger charge is 2.37. The summed E-state index contributed by atoms with van der Waals surface area (Å²) in [6.45, 7) is -0.371. The molecule has 0 unspecified atom stereocenters. The zero-order chi connectivity index (χ0) is 22.5. The van der Waals surface area contributed by atoms with E-state index in [1.165, 1.54) is 31.3 Å². The molecule has 1 saturated heterocycles. The molecule has 0 spiro atoms. The molecule has 2 amide bonds. The Kier molecular flexibility index (Phi) is 7.25. The Balaban J connectivity index is 1.58. The van der Waals surface area contributed by atoms with E-state index >= 15 is 0 Å². The van der Waals surface area contributed by atoms with Gasteiger partial charge in [-0.3, -0.25) is 14.4 Å². The van der Waals surface area contributed by atoms with Crippen LogP contribution in [-0.2, 0) is 19.1 Å². The van der Waals surface area contributed by atoms with E-state index in [-0.39, 0.29) is 23.9 Å². The highest BCUT2D eigenvalue weighted by atomic mass is 35.5. The number of carbonyl (C=O) groups is 3. The van der Waals surface area contributed by atoms with Gasteiger partial charge in [-0.15, -0.1) is 0 Å². The second-order valence-corrected chi connectivity index (χ2v) is 7.54. The van der Waals surface area contributed by atoms with Gasteiger partial charge in [-0.25, -0.2) is 0 Å². The standard InChI is InChI=1S/C21H20Cl2N2O6/c1-29-14-4-6-17(18(9-14)30-2)25-10-12(7-20(25)27)21(28)31-11-19(26)24-13-3-5-15(22)16(23)8-13/h3-6,8-9,12H,7,10-11H2,1-2H3,(H,24,26)/t12-/m1/s1. The number of anilines is 2. The molecule has 2 aromatic rings. The highest BCUT2D eigenvalue weighted by Crippen LogP contribution is 2.36. The molecule has 8 nitrogen and oxygen atoms in total. The number of ether oxygens (including phenoxy) is 3. The summed E-state index contributed by atoms with van der Waals surface area (Å²) >= 11 is 11.7. The highest BCUT2D eigenvalue weighted by molar-refractivity contribution is 6.42. The lowest BCUT2D eigenvalue weighted by molar-refractivity contribution is -0.151. The number of benzene rings is 2. The third-order valence-electron chi connectivity index (χ3n) is 4.68. The van der Waals surface area contributed by atoms with E-state index in [4.69, 9.17) is 37.4 Å². The molecule has 164 valence electrons. The maximum atomic E-state index is 12.5. The number of hydrogen-bond acceptors (Lipinski definition) is 6.